The van der Waals surface area contributed by atoms with E-state index in [2.05, 4.69) is 10.3 Å². The van der Waals surface area contributed by atoms with E-state index >= 15 is 0 Å². The maximum atomic E-state index is 10.6. The van der Waals surface area contributed by atoms with Gasteiger partial charge in [0.15, 0.2) is 11.5 Å². The molecule has 2 N–H and O–H groups in total. The summed E-state index contributed by atoms with van der Waals surface area (Å²) in [6.07, 6.45) is 2.86. The van der Waals surface area contributed by atoms with Crippen molar-refractivity contribution in [1.29, 1.82) is 0 Å². The molecule has 31 heavy (non-hydrogen) atoms. The number of rotatable bonds is 11. The maximum Gasteiger partial charge on any atom is 0.203 e. The number of benzene rings is 2. The predicted molar refractivity (Wildman–Crippen MR) is 117 cm³/mol. The van der Waals surface area contributed by atoms with E-state index in [9.17, 15) is 5.11 Å². The van der Waals surface area contributed by atoms with E-state index in [0.717, 1.165) is 17.1 Å². The minimum atomic E-state index is -0.775. The Morgan fingerprint density at radius 1 is 1.03 bits per heavy atom. The fraction of sp³-hybridized carbons (Fsp3) is 0.348. The third-order valence-electron chi connectivity index (χ3n) is 4.90. The number of nitrogens with one attached hydrogen (secondary N) is 1. The predicted octanol–water partition coefficient (Wildman–Crippen LogP) is 2.56. The molecule has 1 aromatic heterocycles. The van der Waals surface area contributed by atoms with Crippen LogP contribution in [0.4, 0.5) is 0 Å². The fourth-order valence-corrected chi connectivity index (χ4v) is 3.29. The quantitative estimate of drug-likeness (QED) is 0.486. The second-order valence-corrected chi connectivity index (χ2v) is 6.97. The van der Waals surface area contributed by atoms with Crippen molar-refractivity contribution in [2.75, 3.05) is 34.5 Å². The van der Waals surface area contributed by atoms with Crippen molar-refractivity contribution in [3.05, 3.63) is 66.2 Å². The first-order valence-electron chi connectivity index (χ1n) is 9.93. The van der Waals surface area contributed by atoms with Crippen molar-refractivity contribution in [2.45, 2.75) is 12.1 Å². The Kier molecular flexibility index (Phi) is 7.75. The van der Waals surface area contributed by atoms with Gasteiger partial charge >= 0.3 is 0 Å². The largest absolute Gasteiger partial charge is 0.497 e. The highest BCUT2D eigenvalue weighted by atomic mass is 16.5. The molecule has 2 aromatic carbocycles. The van der Waals surface area contributed by atoms with E-state index in [-0.39, 0.29) is 19.2 Å². The second kappa shape index (κ2) is 10.7. The van der Waals surface area contributed by atoms with Gasteiger partial charge in [0.2, 0.25) is 5.75 Å². The number of methoxy groups -OCH3 is 3. The summed E-state index contributed by atoms with van der Waals surface area (Å²) in [5.74, 6) is 3.13. The maximum absolute atomic E-state index is 10.6. The minimum absolute atomic E-state index is 0.0646. The lowest BCUT2D eigenvalue weighted by atomic mass is 10.1. The van der Waals surface area contributed by atoms with Crippen molar-refractivity contribution in [3.8, 4) is 23.0 Å². The number of aryl methyl sites for hydroxylation is 1. The Morgan fingerprint density at radius 3 is 2.35 bits per heavy atom. The smallest absolute Gasteiger partial charge is 0.203 e. The third kappa shape index (κ3) is 5.48. The summed E-state index contributed by atoms with van der Waals surface area (Å²) in [5, 5.41) is 14.0. The Balaban J connectivity index is 1.70. The van der Waals surface area contributed by atoms with E-state index in [1.54, 1.807) is 39.7 Å². The molecule has 8 heteroatoms. The summed E-state index contributed by atoms with van der Waals surface area (Å²) in [7, 11) is 6.69. The van der Waals surface area contributed by atoms with E-state index < -0.39 is 6.10 Å². The van der Waals surface area contributed by atoms with Crippen LogP contribution in [0, 0.1) is 0 Å². The van der Waals surface area contributed by atoms with Crippen LogP contribution in [0.5, 0.6) is 23.0 Å². The van der Waals surface area contributed by atoms with Crippen LogP contribution in [-0.4, -0.2) is 55.2 Å². The van der Waals surface area contributed by atoms with E-state index in [1.807, 2.05) is 48.1 Å². The molecular weight excluding hydrogens is 398 g/mol. The Bertz CT molecular complexity index is 953. The Hall–Kier alpha value is -3.23. The van der Waals surface area contributed by atoms with E-state index in [1.165, 1.54) is 0 Å². The van der Waals surface area contributed by atoms with Crippen molar-refractivity contribution in [2.24, 2.45) is 7.05 Å². The van der Waals surface area contributed by atoms with Gasteiger partial charge in [-0.3, -0.25) is 0 Å². The highest BCUT2D eigenvalue weighted by Crippen LogP contribution is 2.36. The van der Waals surface area contributed by atoms with Gasteiger partial charge in [0.05, 0.1) is 27.4 Å². The molecule has 0 radical (unpaired) electrons. The van der Waals surface area contributed by atoms with Crippen LogP contribution in [-0.2, 0) is 7.05 Å². The Labute approximate surface area is 182 Å². The van der Waals surface area contributed by atoms with Gasteiger partial charge in [0.25, 0.3) is 0 Å². The van der Waals surface area contributed by atoms with Gasteiger partial charge in [-0.15, -0.1) is 0 Å². The molecule has 0 bridgehead atoms. The number of aliphatic hydroxyl groups excluding tert-OH is 1. The van der Waals surface area contributed by atoms with Gasteiger partial charge in [0, 0.05) is 26.0 Å². The molecule has 0 fully saturated rings. The van der Waals surface area contributed by atoms with Crippen LogP contribution in [0.1, 0.15) is 17.4 Å². The molecule has 2 atom stereocenters. The van der Waals surface area contributed by atoms with Crippen LogP contribution in [0.15, 0.2) is 54.9 Å². The summed E-state index contributed by atoms with van der Waals surface area (Å²) in [6, 6.07) is 12.9. The highest BCUT2D eigenvalue weighted by Gasteiger charge is 2.21. The monoisotopic (exact) mass is 427 g/mol. The molecule has 2 unspecified atom stereocenters. The van der Waals surface area contributed by atoms with Crippen molar-refractivity contribution < 1.29 is 24.1 Å². The lowest BCUT2D eigenvalue weighted by molar-refractivity contribution is 0.101. The number of aromatic nitrogens is 2. The molecule has 166 valence electrons. The highest BCUT2D eigenvalue weighted by molar-refractivity contribution is 5.51. The molecule has 8 nitrogen and oxygen atoms in total. The summed E-state index contributed by atoms with van der Waals surface area (Å²) < 4.78 is 23.8. The average molecular weight is 428 g/mol. The zero-order valence-electron chi connectivity index (χ0n) is 18.2. The summed E-state index contributed by atoms with van der Waals surface area (Å²) >= 11 is 0. The zero-order chi connectivity index (χ0) is 22.2. The molecule has 3 aromatic rings. The van der Waals surface area contributed by atoms with Gasteiger partial charge < -0.3 is 33.9 Å². The summed E-state index contributed by atoms with van der Waals surface area (Å²) in [4.78, 5) is 4.48. The van der Waals surface area contributed by atoms with Crippen molar-refractivity contribution in [3.63, 3.8) is 0 Å². The average Bonchev–Trinajstić information content (AvgIpc) is 3.23. The molecular formula is C23H29N3O5. The van der Waals surface area contributed by atoms with Crippen LogP contribution >= 0.6 is 0 Å². The van der Waals surface area contributed by atoms with Crippen LogP contribution in [0.25, 0.3) is 0 Å². The molecule has 0 spiro atoms. The van der Waals surface area contributed by atoms with Crippen LogP contribution < -0.4 is 24.3 Å². The molecule has 0 aliphatic rings. The topological polar surface area (TPSA) is 87.0 Å². The number of ether oxygens (including phenoxy) is 4. The minimum Gasteiger partial charge on any atom is -0.497 e. The number of para-hydroxylation sites is 1. The first-order valence-corrected chi connectivity index (χ1v) is 9.93. The van der Waals surface area contributed by atoms with Gasteiger partial charge in [0.1, 0.15) is 24.3 Å². The fourth-order valence-electron chi connectivity index (χ4n) is 3.29. The van der Waals surface area contributed by atoms with Crippen LogP contribution in [0.3, 0.4) is 0 Å². The lowest BCUT2D eigenvalue weighted by Gasteiger charge is -2.22. The normalized spacial score (nSPS) is 12.8. The molecule has 3 rings (SSSR count). The van der Waals surface area contributed by atoms with Gasteiger partial charge in [-0.05, 0) is 29.8 Å². The molecule has 1 heterocycles. The SMILES string of the molecule is COc1cccc(C(NCC(O)COc2c(OC)cccc2OC)c2nccn2C)c1. The van der Waals surface area contributed by atoms with Crippen molar-refractivity contribution in [1.82, 2.24) is 14.9 Å². The number of nitrogens with zero attached hydrogens (tertiary/aromatic N) is 2. The number of aliphatic hydroxyl groups is 1. The number of hydrogen-bond donors (Lipinski definition) is 2. The molecule has 0 saturated heterocycles. The van der Waals surface area contributed by atoms with E-state index in [4.69, 9.17) is 18.9 Å². The number of imidazole rings is 1. The van der Waals surface area contributed by atoms with Gasteiger partial charge in [-0.25, -0.2) is 4.98 Å². The summed E-state index contributed by atoms with van der Waals surface area (Å²) in [6.45, 7) is 0.349. The Morgan fingerprint density at radius 2 is 1.74 bits per heavy atom. The molecule has 0 aliphatic heterocycles. The van der Waals surface area contributed by atoms with Crippen molar-refractivity contribution >= 4 is 0 Å². The van der Waals surface area contributed by atoms with Gasteiger partial charge in [-0.1, -0.05) is 18.2 Å². The standard InChI is InChI=1S/C23H29N3O5/c1-26-12-11-24-23(26)21(16-7-5-8-18(13-16)28-2)25-14-17(27)15-31-22-19(29-3)9-6-10-20(22)30-4/h5-13,17,21,25,27H,14-15H2,1-4H3. The second-order valence-electron chi connectivity index (χ2n) is 6.97. The van der Waals surface area contributed by atoms with Gasteiger partial charge in [-0.2, -0.15) is 0 Å². The summed E-state index contributed by atoms with van der Waals surface area (Å²) in [5.41, 5.74) is 0.980. The molecule has 0 amide bonds. The van der Waals surface area contributed by atoms with E-state index in [0.29, 0.717) is 17.2 Å². The first kappa shape index (κ1) is 22.5. The lowest BCUT2D eigenvalue weighted by Crippen LogP contribution is -2.35. The first-order chi connectivity index (χ1) is 15.1. The van der Waals surface area contributed by atoms with Crippen LogP contribution in [0.2, 0.25) is 0 Å². The number of hydrogen-bond acceptors (Lipinski definition) is 7. The molecule has 0 saturated carbocycles. The third-order valence-corrected chi connectivity index (χ3v) is 4.90. The zero-order valence-corrected chi connectivity index (χ0v) is 18.2. The molecule has 0 aliphatic carbocycles.